The van der Waals surface area contributed by atoms with Gasteiger partial charge in [0.1, 0.15) is 28.7 Å². The van der Waals surface area contributed by atoms with Crippen LogP contribution in [0.15, 0.2) is 110 Å². The number of nitrogens with zero attached hydrogens (tertiary/aromatic N) is 4. The number of benzene rings is 2. The monoisotopic (exact) mass is 486 g/mol. The second kappa shape index (κ2) is 11.1. The van der Waals surface area contributed by atoms with Crippen molar-refractivity contribution < 1.29 is 4.74 Å². The molecule has 37 heavy (non-hydrogen) atoms. The van der Waals surface area contributed by atoms with E-state index >= 15 is 0 Å². The van der Waals surface area contributed by atoms with Crippen LogP contribution in [0.3, 0.4) is 0 Å². The minimum atomic E-state index is 0.746. The standard InChI is InChI=1S/C15H13N3O.C15H13N3/c1-19-12-6-4-5-11-8-9-14(18-15(11)12)17-13-7-2-3-10-16-13;1-11-4-5-12-6-7-15(18-14(12)9-11)17-13-3-2-8-16-10-13/h2-10H,1H3,(H,16,17,18);2-10H,1H3,(H,17,18). The van der Waals surface area contributed by atoms with Crippen molar-refractivity contribution in [2.45, 2.75) is 6.92 Å². The quantitative estimate of drug-likeness (QED) is 0.270. The first-order valence-electron chi connectivity index (χ1n) is 11.8. The van der Waals surface area contributed by atoms with E-state index in [0.717, 1.165) is 50.7 Å². The van der Waals surface area contributed by atoms with Crippen molar-refractivity contribution in [2.75, 3.05) is 17.7 Å². The number of aromatic nitrogens is 4. The number of para-hydroxylation sites is 1. The number of hydrogen-bond acceptors (Lipinski definition) is 7. The summed E-state index contributed by atoms with van der Waals surface area (Å²) in [7, 11) is 1.65. The number of anilines is 4. The van der Waals surface area contributed by atoms with Crippen LogP contribution < -0.4 is 15.4 Å². The van der Waals surface area contributed by atoms with Crippen LogP contribution in [0, 0.1) is 6.92 Å². The first-order chi connectivity index (χ1) is 18.2. The molecule has 2 aromatic carbocycles. The highest BCUT2D eigenvalue weighted by atomic mass is 16.5. The Kier molecular flexibility index (Phi) is 7.13. The molecule has 0 saturated carbocycles. The van der Waals surface area contributed by atoms with E-state index < -0.39 is 0 Å². The van der Waals surface area contributed by atoms with Crippen molar-refractivity contribution in [2.24, 2.45) is 0 Å². The van der Waals surface area contributed by atoms with Crippen molar-refractivity contribution in [3.8, 4) is 5.75 Å². The largest absolute Gasteiger partial charge is 0.494 e. The Bertz CT molecular complexity index is 1620. The summed E-state index contributed by atoms with van der Waals surface area (Å²) in [6.07, 6.45) is 5.27. The molecule has 2 N–H and O–H groups in total. The maximum Gasteiger partial charge on any atom is 0.145 e. The average molecular weight is 487 g/mol. The van der Waals surface area contributed by atoms with Crippen LogP contribution in [0.5, 0.6) is 5.75 Å². The number of aryl methyl sites for hydroxylation is 1. The second-order valence-corrected chi connectivity index (χ2v) is 8.33. The van der Waals surface area contributed by atoms with Gasteiger partial charge < -0.3 is 15.4 Å². The molecule has 6 rings (SSSR count). The number of fused-ring (bicyclic) bond motifs is 2. The molecule has 0 aliphatic heterocycles. The van der Waals surface area contributed by atoms with E-state index in [9.17, 15) is 0 Å². The van der Waals surface area contributed by atoms with Gasteiger partial charge >= 0.3 is 0 Å². The summed E-state index contributed by atoms with van der Waals surface area (Å²) in [6.45, 7) is 2.07. The zero-order chi connectivity index (χ0) is 25.5. The van der Waals surface area contributed by atoms with Gasteiger partial charge in [0.05, 0.1) is 24.5 Å². The highest BCUT2D eigenvalue weighted by Crippen LogP contribution is 2.25. The van der Waals surface area contributed by atoms with Crippen molar-refractivity contribution in [1.82, 2.24) is 19.9 Å². The maximum atomic E-state index is 5.33. The van der Waals surface area contributed by atoms with Crippen molar-refractivity contribution >= 4 is 44.9 Å². The molecule has 0 radical (unpaired) electrons. The van der Waals surface area contributed by atoms with Crippen molar-refractivity contribution in [1.29, 1.82) is 0 Å². The van der Waals surface area contributed by atoms with Gasteiger partial charge in [-0.15, -0.1) is 0 Å². The lowest BCUT2D eigenvalue weighted by Crippen LogP contribution is -1.96. The van der Waals surface area contributed by atoms with Crippen molar-refractivity contribution in [3.05, 3.63) is 115 Å². The Labute approximate surface area is 215 Å². The molecule has 0 unspecified atom stereocenters. The fourth-order valence-electron chi connectivity index (χ4n) is 3.80. The van der Waals surface area contributed by atoms with Gasteiger partial charge in [-0.2, -0.15) is 0 Å². The normalized spacial score (nSPS) is 10.4. The van der Waals surface area contributed by atoms with Crippen LogP contribution in [0.1, 0.15) is 5.56 Å². The van der Waals surface area contributed by atoms with Crippen LogP contribution in [0.2, 0.25) is 0 Å². The molecule has 0 atom stereocenters. The Hall–Kier alpha value is -5.04. The number of pyridine rings is 4. The molecule has 7 heteroatoms. The Morgan fingerprint density at radius 3 is 2.30 bits per heavy atom. The topological polar surface area (TPSA) is 84.9 Å². The zero-order valence-electron chi connectivity index (χ0n) is 20.6. The van der Waals surface area contributed by atoms with E-state index in [1.165, 1.54) is 5.56 Å². The first kappa shape index (κ1) is 23.7. The van der Waals surface area contributed by atoms with E-state index in [1.54, 1.807) is 25.7 Å². The summed E-state index contributed by atoms with van der Waals surface area (Å²) in [5, 5.41) is 8.61. The van der Waals surface area contributed by atoms with Gasteiger partial charge in [-0.1, -0.05) is 30.3 Å². The maximum absolute atomic E-state index is 5.33. The first-order valence-corrected chi connectivity index (χ1v) is 11.8. The molecule has 7 nitrogen and oxygen atoms in total. The summed E-state index contributed by atoms with van der Waals surface area (Å²) in [5.41, 5.74) is 4.00. The van der Waals surface area contributed by atoms with Gasteiger partial charge in [-0.3, -0.25) is 4.98 Å². The Morgan fingerprint density at radius 1 is 0.676 bits per heavy atom. The van der Waals surface area contributed by atoms with Crippen LogP contribution in [0.25, 0.3) is 21.8 Å². The van der Waals surface area contributed by atoms with E-state index in [-0.39, 0.29) is 0 Å². The molecule has 6 aromatic rings. The molecule has 0 aliphatic carbocycles. The van der Waals surface area contributed by atoms with Crippen LogP contribution in [-0.2, 0) is 0 Å². The minimum Gasteiger partial charge on any atom is -0.494 e. The molecule has 0 bridgehead atoms. The predicted molar refractivity (Wildman–Crippen MR) is 150 cm³/mol. The molecule has 182 valence electrons. The molecule has 0 aliphatic rings. The number of rotatable bonds is 5. The average Bonchev–Trinajstić information content (AvgIpc) is 2.94. The number of nitrogens with one attached hydrogen (secondary N) is 2. The number of methoxy groups -OCH3 is 1. The SMILES string of the molecule is COc1cccc2ccc(Nc3ccccn3)nc12.Cc1ccc2ccc(Nc3cccnc3)nc2c1. The molecule has 4 aromatic heterocycles. The van der Waals surface area contributed by atoms with Crippen LogP contribution in [0.4, 0.5) is 23.1 Å². The summed E-state index contributed by atoms with van der Waals surface area (Å²) < 4.78 is 5.33. The fraction of sp³-hybridized carbons (Fsp3) is 0.0667. The molecule has 0 fully saturated rings. The summed E-state index contributed by atoms with van der Waals surface area (Å²) in [5.74, 6) is 3.11. The van der Waals surface area contributed by atoms with E-state index in [1.807, 2.05) is 66.7 Å². The lowest BCUT2D eigenvalue weighted by atomic mass is 10.1. The van der Waals surface area contributed by atoms with Crippen molar-refractivity contribution in [3.63, 3.8) is 0 Å². The third-order valence-electron chi connectivity index (χ3n) is 5.61. The summed E-state index contributed by atoms with van der Waals surface area (Å²) >= 11 is 0. The minimum absolute atomic E-state index is 0.746. The highest BCUT2D eigenvalue weighted by Gasteiger charge is 2.04. The molecular formula is C30H26N6O. The Morgan fingerprint density at radius 2 is 1.51 bits per heavy atom. The van der Waals surface area contributed by atoms with Crippen LogP contribution >= 0.6 is 0 Å². The number of hydrogen-bond donors (Lipinski definition) is 2. The van der Waals surface area contributed by atoms with Gasteiger partial charge in [0.15, 0.2) is 0 Å². The van der Waals surface area contributed by atoms with E-state index in [4.69, 9.17) is 4.74 Å². The predicted octanol–water partition coefficient (Wildman–Crippen LogP) is 7.06. The van der Waals surface area contributed by atoms with E-state index in [2.05, 4.69) is 61.8 Å². The third-order valence-corrected chi connectivity index (χ3v) is 5.61. The fourth-order valence-corrected chi connectivity index (χ4v) is 3.80. The lowest BCUT2D eigenvalue weighted by molar-refractivity contribution is 0.419. The number of ether oxygens (including phenoxy) is 1. The molecule has 0 spiro atoms. The Balaban J connectivity index is 0.000000152. The van der Waals surface area contributed by atoms with Gasteiger partial charge in [-0.05, 0) is 73.2 Å². The molecule has 0 saturated heterocycles. The lowest BCUT2D eigenvalue weighted by Gasteiger charge is -2.08. The molecule has 0 amide bonds. The summed E-state index contributed by atoms with van der Waals surface area (Å²) in [6, 6.07) is 29.7. The smallest absolute Gasteiger partial charge is 0.145 e. The van der Waals surface area contributed by atoms with Crippen LogP contribution in [-0.4, -0.2) is 27.0 Å². The van der Waals surface area contributed by atoms with Gasteiger partial charge in [0, 0.05) is 23.2 Å². The third kappa shape index (κ3) is 5.97. The van der Waals surface area contributed by atoms with Gasteiger partial charge in [0.2, 0.25) is 0 Å². The molecule has 4 heterocycles. The molecular weight excluding hydrogens is 460 g/mol. The van der Waals surface area contributed by atoms with Gasteiger partial charge in [0.25, 0.3) is 0 Å². The summed E-state index contributed by atoms with van der Waals surface area (Å²) in [4.78, 5) is 17.4. The van der Waals surface area contributed by atoms with Gasteiger partial charge in [-0.25, -0.2) is 15.0 Å². The highest BCUT2D eigenvalue weighted by molar-refractivity contribution is 5.86. The zero-order valence-corrected chi connectivity index (χ0v) is 20.6. The second-order valence-electron chi connectivity index (χ2n) is 8.33. The van der Waals surface area contributed by atoms with E-state index in [0.29, 0.717) is 0 Å².